The molecule has 9 heteroatoms. The fourth-order valence-electron chi connectivity index (χ4n) is 1.78. The van der Waals surface area contributed by atoms with Crippen LogP contribution in [0.2, 0.25) is 0 Å². The third-order valence-corrected chi connectivity index (χ3v) is 3.14. The summed E-state index contributed by atoms with van der Waals surface area (Å²) in [6.45, 7) is 6.85. The molecule has 0 saturated carbocycles. The predicted molar refractivity (Wildman–Crippen MR) is 81.2 cm³/mol. The maximum Gasteiger partial charge on any atom is 0.412 e. The van der Waals surface area contributed by atoms with Gasteiger partial charge in [0.2, 0.25) is 0 Å². The number of ether oxygens (including phenoxy) is 1. The first-order chi connectivity index (χ1) is 10.8. The van der Waals surface area contributed by atoms with Crippen molar-refractivity contribution in [3.63, 3.8) is 0 Å². The van der Waals surface area contributed by atoms with Crippen molar-refractivity contribution in [3.8, 4) is 0 Å². The highest BCUT2D eigenvalue weighted by Gasteiger charge is 2.27. The van der Waals surface area contributed by atoms with E-state index in [1.165, 1.54) is 0 Å². The van der Waals surface area contributed by atoms with Gasteiger partial charge in [0.05, 0.1) is 13.1 Å². The second-order valence-electron chi connectivity index (χ2n) is 5.07. The summed E-state index contributed by atoms with van der Waals surface area (Å²) in [6, 6.07) is 0. The first kappa shape index (κ1) is 19.4. The Morgan fingerprint density at radius 1 is 1.52 bits per heavy atom. The standard InChI is InChI=1S/C14H25N3O6/c1-4-10(3)22-14(21)16-7-11(18)15-8-13(20)23-17-9(2)5-6-12(17)19/h4,11-13,15,18-20H,2,5-8H2,1,3H3,(H,16,21)/b10-4+. The van der Waals surface area contributed by atoms with Crippen LogP contribution in [0.15, 0.2) is 24.1 Å². The summed E-state index contributed by atoms with van der Waals surface area (Å²) in [7, 11) is 0. The molecule has 1 saturated heterocycles. The Kier molecular flexibility index (Phi) is 8.00. The van der Waals surface area contributed by atoms with E-state index in [2.05, 4.69) is 17.2 Å². The van der Waals surface area contributed by atoms with Crippen molar-refractivity contribution in [2.45, 2.75) is 45.4 Å². The summed E-state index contributed by atoms with van der Waals surface area (Å²) in [4.78, 5) is 16.5. The van der Waals surface area contributed by atoms with Crippen molar-refractivity contribution < 1.29 is 29.7 Å². The molecule has 1 aliphatic rings. The van der Waals surface area contributed by atoms with E-state index in [1.54, 1.807) is 19.9 Å². The molecule has 132 valence electrons. The van der Waals surface area contributed by atoms with E-state index in [0.29, 0.717) is 24.3 Å². The van der Waals surface area contributed by atoms with Gasteiger partial charge in [-0.05, 0) is 32.8 Å². The van der Waals surface area contributed by atoms with E-state index >= 15 is 0 Å². The molecule has 0 aromatic rings. The minimum atomic E-state index is -1.29. The zero-order valence-corrected chi connectivity index (χ0v) is 13.4. The molecule has 23 heavy (non-hydrogen) atoms. The number of carbonyl (C=O) groups excluding carboxylic acids is 1. The Bertz CT molecular complexity index is 442. The minimum absolute atomic E-state index is 0.109. The van der Waals surface area contributed by atoms with Crippen molar-refractivity contribution in [1.82, 2.24) is 15.7 Å². The highest BCUT2D eigenvalue weighted by atomic mass is 16.8. The second kappa shape index (κ2) is 9.48. The van der Waals surface area contributed by atoms with Gasteiger partial charge in [-0.25, -0.2) is 14.7 Å². The molecule has 5 N–H and O–H groups in total. The van der Waals surface area contributed by atoms with Crippen molar-refractivity contribution in [2.75, 3.05) is 13.1 Å². The van der Waals surface area contributed by atoms with Crippen molar-refractivity contribution in [3.05, 3.63) is 24.1 Å². The Morgan fingerprint density at radius 2 is 2.22 bits per heavy atom. The molecule has 0 spiro atoms. The summed E-state index contributed by atoms with van der Waals surface area (Å²) >= 11 is 0. The monoisotopic (exact) mass is 331 g/mol. The van der Waals surface area contributed by atoms with Gasteiger partial charge in [-0.3, -0.25) is 5.32 Å². The summed E-state index contributed by atoms with van der Waals surface area (Å²) in [6.07, 6.45) is -1.21. The lowest BCUT2D eigenvalue weighted by Crippen LogP contribution is -2.45. The number of alkyl carbamates (subject to hydrolysis) is 1. The van der Waals surface area contributed by atoms with Gasteiger partial charge in [-0.1, -0.05) is 6.58 Å². The highest BCUT2D eigenvalue weighted by molar-refractivity contribution is 5.68. The van der Waals surface area contributed by atoms with Gasteiger partial charge in [0.25, 0.3) is 0 Å². The summed E-state index contributed by atoms with van der Waals surface area (Å²) in [5, 5.41) is 35.1. The molecular weight excluding hydrogens is 306 g/mol. The van der Waals surface area contributed by atoms with E-state index in [-0.39, 0.29) is 13.1 Å². The van der Waals surface area contributed by atoms with Crippen LogP contribution in [0.3, 0.4) is 0 Å². The topological polar surface area (TPSA) is 124 Å². The van der Waals surface area contributed by atoms with Gasteiger partial charge in [-0.2, -0.15) is 0 Å². The maximum atomic E-state index is 11.3. The summed E-state index contributed by atoms with van der Waals surface area (Å²) in [5.74, 6) is 0.443. The van der Waals surface area contributed by atoms with Crippen LogP contribution in [-0.4, -0.2) is 58.3 Å². The van der Waals surface area contributed by atoms with Crippen LogP contribution in [0.25, 0.3) is 0 Å². The predicted octanol–water partition coefficient (Wildman–Crippen LogP) is -0.278. The molecule has 0 radical (unpaired) electrons. The smallest absolute Gasteiger partial charge is 0.412 e. The van der Waals surface area contributed by atoms with Gasteiger partial charge in [0.1, 0.15) is 12.0 Å². The third kappa shape index (κ3) is 6.97. The van der Waals surface area contributed by atoms with E-state index in [9.17, 15) is 20.1 Å². The number of allylic oxidation sites excluding steroid dienone is 3. The number of aliphatic hydroxyl groups excluding tert-OH is 3. The summed E-state index contributed by atoms with van der Waals surface area (Å²) < 4.78 is 4.84. The van der Waals surface area contributed by atoms with E-state index in [4.69, 9.17) is 9.57 Å². The lowest BCUT2D eigenvalue weighted by Gasteiger charge is -2.26. The maximum absolute atomic E-state index is 11.3. The Labute approximate surface area is 135 Å². The number of aliphatic hydroxyl groups is 3. The molecule has 1 heterocycles. The van der Waals surface area contributed by atoms with Crippen LogP contribution in [0.1, 0.15) is 26.7 Å². The number of hydrogen-bond donors (Lipinski definition) is 5. The van der Waals surface area contributed by atoms with Crippen LogP contribution in [-0.2, 0) is 9.57 Å². The summed E-state index contributed by atoms with van der Waals surface area (Å²) in [5.41, 5.74) is 0.570. The minimum Gasteiger partial charge on any atom is -0.416 e. The van der Waals surface area contributed by atoms with E-state index < -0.39 is 24.8 Å². The molecule has 1 rings (SSSR count). The van der Waals surface area contributed by atoms with Crippen molar-refractivity contribution in [1.29, 1.82) is 0 Å². The molecule has 1 aliphatic heterocycles. The average molecular weight is 331 g/mol. The number of amides is 1. The quantitative estimate of drug-likeness (QED) is 0.304. The van der Waals surface area contributed by atoms with Crippen LogP contribution in [0, 0.1) is 0 Å². The van der Waals surface area contributed by atoms with Crippen molar-refractivity contribution in [2.24, 2.45) is 0 Å². The molecule has 3 atom stereocenters. The Hall–Kier alpha value is -1.65. The molecule has 0 aromatic carbocycles. The normalized spacial score (nSPS) is 21.3. The molecule has 1 amide bonds. The van der Waals surface area contributed by atoms with Gasteiger partial charge in [0, 0.05) is 5.70 Å². The molecule has 0 aliphatic carbocycles. The fourth-order valence-corrected chi connectivity index (χ4v) is 1.78. The first-order valence-corrected chi connectivity index (χ1v) is 7.33. The zero-order valence-electron chi connectivity index (χ0n) is 13.4. The molecule has 0 bridgehead atoms. The van der Waals surface area contributed by atoms with Crippen LogP contribution in [0.5, 0.6) is 0 Å². The number of hydroxylamine groups is 2. The Balaban J connectivity index is 2.21. The largest absolute Gasteiger partial charge is 0.416 e. The zero-order chi connectivity index (χ0) is 17.4. The van der Waals surface area contributed by atoms with Crippen molar-refractivity contribution >= 4 is 6.09 Å². The van der Waals surface area contributed by atoms with Gasteiger partial charge in [-0.15, -0.1) is 0 Å². The first-order valence-electron chi connectivity index (χ1n) is 7.33. The van der Waals surface area contributed by atoms with Crippen LogP contribution in [0.4, 0.5) is 4.79 Å². The average Bonchev–Trinajstić information content (AvgIpc) is 2.82. The van der Waals surface area contributed by atoms with Gasteiger partial charge < -0.3 is 25.4 Å². The lowest BCUT2D eigenvalue weighted by molar-refractivity contribution is -0.282. The lowest BCUT2D eigenvalue weighted by atomic mass is 10.3. The van der Waals surface area contributed by atoms with Gasteiger partial charge in [0.15, 0.2) is 12.5 Å². The molecule has 9 nitrogen and oxygen atoms in total. The third-order valence-electron chi connectivity index (χ3n) is 3.14. The van der Waals surface area contributed by atoms with Crippen LogP contribution >= 0.6 is 0 Å². The number of nitrogens with one attached hydrogen (secondary N) is 2. The molecule has 0 aromatic heterocycles. The fraction of sp³-hybridized carbons (Fsp3) is 0.643. The SMILES string of the molecule is C=C1CCC(O)N1OC(O)CNC(O)CNC(=O)O/C(C)=C/C. The van der Waals surface area contributed by atoms with Crippen LogP contribution < -0.4 is 10.6 Å². The molecule has 3 unspecified atom stereocenters. The number of rotatable bonds is 8. The molecule has 1 fully saturated rings. The van der Waals surface area contributed by atoms with E-state index in [0.717, 1.165) is 5.06 Å². The van der Waals surface area contributed by atoms with Gasteiger partial charge >= 0.3 is 6.09 Å². The van der Waals surface area contributed by atoms with E-state index in [1.807, 2.05) is 0 Å². The Morgan fingerprint density at radius 3 is 2.78 bits per heavy atom. The number of hydrogen-bond acceptors (Lipinski definition) is 8. The molecular formula is C14H25N3O6. The highest BCUT2D eigenvalue weighted by Crippen LogP contribution is 2.24. The second-order valence-corrected chi connectivity index (χ2v) is 5.07. The number of carbonyl (C=O) groups is 1. The number of nitrogens with zero attached hydrogens (tertiary/aromatic N) is 1.